The summed E-state index contributed by atoms with van der Waals surface area (Å²) < 4.78 is 10.9. The first-order valence-corrected chi connectivity index (χ1v) is 7.22. The lowest BCUT2D eigenvalue weighted by molar-refractivity contribution is 0.0867. The molecule has 1 heterocycles. The monoisotopic (exact) mass is 289 g/mol. The largest absolute Gasteiger partial charge is 0.379 e. The molecule has 2 N–H and O–H groups in total. The lowest BCUT2D eigenvalue weighted by Crippen LogP contribution is -2.39. The van der Waals surface area contributed by atoms with Gasteiger partial charge in [-0.15, -0.1) is 0 Å². The maximum Gasteiger partial charge on any atom is 0.258 e. The minimum Gasteiger partial charge on any atom is -0.379 e. The second-order valence-corrected chi connectivity index (χ2v) is 5.71. The molecule has 1 unspecified atom stereocenters. The van der Waals surface area contributed by atoms with E-state index in [9.17, 15) is 0 Å². The van der Waals surface area contributed by atoms with Gasteiger partial charge >= 0.3 is 0 Å². The molecule has 0 saturated carbocycles. The Labute approximate surface area is 125 Å². The van der Waals surface area contributed by atoms with Crippen molar-refractivity contribution in [2.24, 2.45) is 5.73 Å². The second-order valence-electron chi connectivity index (χ2n) is 5.71. The van der Waals surface area contributed by atoms with E-state index in [-0.39, 0.29) is 0 Å². The van der Waals surface area contributed by atoms with Gasteiger partial charge < -0.3 is 15.0 Å². The summed E-state index contributed by atoms with van der Waals surface area (Å²) in [6, 6.07) is 6.10. The number of nitrogens with two attached hydrogens (primary N) is 1. The Morgan fingerprint density at radius 3 is 2.76 bits per heavy atom. The van der Waals surface area contributed by atoms with Gasteiger partial charge in [-0.2, -0.15) is 4.98 Å². The Balaban J connectivity index is 2.21. The summed E-state index contributed by atoms with van der Waals surface area (Å²) in [5, 5.41) is 4.02. The van der Waals surface area contributed by atoms with Gasteiger partial charge in [0.05, 0.1) is 6.61 Å². The van der Waals surface area contributed by atoms with Crippen LogP contribution < -0.4 is 5.73 Å². The Hall–Kier alpha value is -1.72. The first kappa shape index (κ1) is 15.7. The number of ether oxygens (including phenoxy) is 1. The third-order valence-corrected chi connectivity index (χ3v) is 3.30. The van der Waals surface area contributed by atoms with E-state index in [1.54, 1.807) is 0 Å². The standard InChI is InChI=1S/C16H23N3O2/c1-5-8-20-10-16(4,17)15-18-14(21-19-15)13-7-6-11(2)9-12(13)3/h6-7,9H,5,8,10,17H2,1-4H3. The van der Waals surface area contributed by atoms with Gasteiger partial charge in [-0.25, -0.2) is 0 Å². The van der Waals surface area contributed by atoms with Crippen molar-refractivity contribution in [2.75, 3.05) is 13.2 Å². The van der Waals surface area contributed by atoms with Crippen molar-refractivity contribution in [1.29, 1.82) is 0 Å². The Bertz CT molecular complexity index is 605. The predicted molar refractivity (Wildman–Crippen MR) is 81.9 cm³/mol. The van der Waals surface area contributed by atoms with E-state index < -0.39 is 5.54 Å². The van der Waals surface area contributed by atoms with Crippen molar-refractivity contribution in [2.45, 2.75) is 39.7 Å². The molecule has 0 radical (unpaired) electrons. The number of rotatable bonds is 6. The zero-order valence-electron chi connectivity index (χ0n) is 13.1. The average Bonchev–Trinajstić information content (AvgIpc) is 2.89. The SMILES string of the molecule is CCCOCC(C)(N)c1noc(-c2ccc(C)cc2C)n1. The third-order valence-electron chi connectivity index (χ3n) is 3.30. The quantitative estimate of drug-likeness (QED) is 0.828. The smallest absolute Gasteiger partial charge is 0.258 e. The molecule has 5 nitrogen and oxygen atoms in total. The molecule has 5 heteroatoms. The van der Waals surface area contributed by atoms with E-state index in [4.69, 9.17) is 15.0 Å². The molecule has 1 aromatic heterocycles. The molecule has 0 saturated heterocycles. The zero-order valence-corrected chi connectivity index (χ0v) is 13.1. The van der Waals surface area contributed by atoms with Crippen LogP contribution in [0, 0.1) is 13.8 Å². The Kier molecular flexibility index (Phi) is 4.75. The number of nitrogens with zero attached hydrogens (tertiary/aromatic N) is 2. The van der Waals surface area contributed by atoms with Crippen molar-refractivity contribution in [3.05, 3.63) is 35.2 Å². The lowest BCUT2D eigenvalue weighted by Gasteiger charge is -2.19. The van der Waals surface area contributed by atoms with E-state index in [1.165, 1.54) is 5.56 Å². The molecule has 2 aromatic rings. The molecule has 2 rings (SSSR count). The molecule has 114 valence electrons. The van der Waals surface area contributed by atoms with Crippen LogP contribution in [-0.2, 0) is 10.3 Å². The maximum absolute atomic E-state index is 6.22. The van der Waals surface area contributed by atoms with Crippen LogP contribution in [0.25, 0.3) is 11.5 Å². The van der Waals surface area contributed by atoms with Gasteiger partial charge in [0.15, 0.2) is 5.82 Å². The normalized spacial score (nSPS) is 14.1. The highest BCUT2D eigenvalue weighted by molar-refractivity contribution is 5.58. The van der Waals surface area contributed by atoms with E-state index in [2.05, 4.69) is 30.1 Å². The van der Waals surface area contributed by atoms with Crippen LogP contribution in [0.5, 0.6) is 0 Å². The van der Waals surface area contributed by atoms with Crippen LogP contribution in [0.3, 0.4) is 0 Å². The number of aryl methyl sites for hydroxylation is 2. The fourth-order valence-electron chi connectivity index (χ4n) is 2.11. The van der Waals surface area contributed by atoms with Crippen LogP contribution in [0.1, 0.15) is 37.2 Å². The predicted octanol–water partition coefficient (Wildman–Crippen LogP) is 2.95. The number of hydrogen-bond acceptors (Lipinski definition) is 5. The van der Waals surface area contributed by atoms with E-state index in [0.717, 1.165) is 17.5 Å². The van der Waals surface area contributed by atoms with E-state index >= 15 is 0 Å². The fourth-order valence-corrected chi connectivity index (χ4v) is 2.11. The van der Waals surface area contributed by atoms with Gasteiger partial charge in [0.2, 0.25) is 0 Å². The Morgan fingerprint density at radius 1 is 1.33 bits per heavy atom. The summed E-state index contributed by atoms with van der Waals surface area (Å²) in [4.78, 5) is 4.44. The molecule has 1 aromatic carbocycles. The second kappa shape index (κ2) is 6.37. The summed E-state index contributed by atoms with van der Waals surface area (Å²) in [6.07, 6.45) is 0.954. The van der Waals surface area contributed by atoms with Gasteiger partial charge in [-0.3, -0.25) is 0 Å². The number of hydrogen-bond donors (Lipinski definition) is 1. The topological polar surface area (TPSA) is 74.2 Å². The van der Waals surface area contributed by atoms with Gasteiger partial charge in [0.25, 0.3) is 5.89 Å². The summed E-state index contributed by atoms with van der Waals surface area (Å²) in [5.74, 6) is 0.961. The molecule has 0 spiro atoms. The van der Waals surface area contributed by atoms with Crippen molar-refractivity contribution in [1.82, 2.24) is 10.1 Å². The summed E-state index contributed by atoms with van der Waals surface area (Å²) in [5.41, 5.74) is 8.71. The molecule has 0 fully saturated rings. The maximum atomic E-state index is 6.22. The van der Waals surface area contributed by atoms with Crippen molar-refractivity contribution in [3.8, 4) is 11.5 Å². The number of aromatic nitrogens is 2. The van der Waals surface area contributed by atoms with Gasteiger partial charge in [0, 0.05) is 12.2 Å². The molecule has 0 amide bonds. The molecular weight excluding hydrogens is 266 g/mol. The first-order chi connectivity index (χ1) is 9.94. The third kappa shape index (κ3) is 3.68. The Morgan fingerprint density at radius 2 is 2.10 bits per heavy atom. The highest BCUT2D eigenvalue weighted by Crippen LogP contribution is 2.25. The first-order valence-electron chi connectivity index (χ1n) is 7.22. The van der Waals surface area contributed by atoms with Gasteiger partial charge in [-0.05, 0) is 38.8 Å². The van der Waals surface area contributed by atoms with Crippen molar-refractivity contribution < 1.29 is 9.26 Å². The molecule has 21 heavy (non-hydrogen) atoms. The highest BCUT2D eigenvalue weighted by Gasteiger charge is 2.28. The highest BCUT2D eigenvalue weighted by atomic mass is 16.5. The van der Waals surface area contributed by atoms with Crippen LogP contribution >= 0.6 is 0 Å². The molecule has 0 aliphatic rings. The van der Waals surface area contributed by atoms with Crippen LogP contribution in [0.2, 0.25) is 0 Å². The fraction of sp³-hybridized carbons (Fsp3) is 0.500. The minimum atomic E-state index is -0.754. The van der Waals surface area contributed by atoms with Gasteiger partial charge in [-0.1, -0.05) is 29.8 Å². The average molecular weight is 289 g/mol. The van der Waals surface area contributed by atoms with Crippen LogP contribution in [0.4, 0.5) is 0 Å². The van der Waals surface area contributed by atoms with Crippen LogP contribution in [-0.4, -0.2) is 23.4 Å². The van der Waals surface area contributed by atoms with Crippen LogP contribution in [0.15, 0.2) is 22.7 Å². The zero-order chi connectivity index (χ0) is 15.5. The summed E-state index contributed by atoms with van der Waals surface area (Å²) in [6.45, 7) is 9.03. The molecule has 0 aliphatic carbocycles. The van der Waals surface area contributed by atoms with E-state index in [1.807, 2.05) is 26.0 Å². The summed E-state index contributed by atoms with van der Waals surface area (Å²) in [7, 11) is 0. The minimum absolute atomic E-state index is 0.368. The lowest BCUT2D eigenvalue weighted by atomic mass is 10.0. The number of benzene rings is 1. The summed E-state index contributed by atoms with van der Waals surface area (Å²) >= 11 is 0. The van der Waals surface area contributed by atoms with Crippen molar-refractivity contribution >= 4 is 0 Å². The molecule has 1 atom stereocenters. The van der Waals surface area contributed by atoms with Gasteiger partial charge in [0.1, 0.15) is 5.54 Å². The molecular formula is C16H23N3O2. The van der Waals surface area contributed by atoms with Crippen molar-refractivity contribution in [3.63, 3.8) is 0 Å². The molecule has 0 aliphatic heterocycles. The molecule has 0 bridgehead atoms. The van der Waals surface area contributed by atoms with E-state index in [0.29, 0.717) is 24.9 Å².